The lowest BCUT2D eigenvalue weighted by molar-refractivity contribution is -0.114. The fourth-order valence-electron chi connectivity index (χ4n) is 2.18. The van der Waals surface area contributed by atoms with Crippen LogP contribution in [-0.4, -0.2) is 37.1 Å². The van der Waals surface area contributed by atoms with Crippen LogP contribution in [0.4, 0.5) is 5.69 Å². The van der Waals surface area contributed by atoms with Crippen LogP contribution in [-0.2, 0) is 17.8 Å². The highest BCUT2D eigenvalue weighted by molar-refractivity contribution is 14.0. The number of aromatic nitrogens is 1. The van der Waals surface area contributed by atoms with Gasteiger partial charge in [0.25, 0.3) is 0 Å². The van der Waals surface area contributed by atoms with E-state index in [2.05, 4.69) is 32.9 Å². The SMILES string of the molecule is CCc1cnc(CNC(=NC)NCCOc2cccc(NC(C)=O)c2)s1.I. The minimum atomic E-state index is -0.107. The highest BCUT2D eigenvalue weighted by atomic mass is 127. The molecule has 1 heterocycles. The Bertz CT molecular complexity index is 751. The van der Waals surface area contributed by atoms with Crippen LogP contribution in [0.1, 0.15) is 23.7 Å². The third-order valence-electron chi connectivity index (χ3n) is 3.40. The molecule has 1 aromatic heterocycles. The second-order valence-corrected chi connectivity index (χ2v) is 6.68. The standard InChI is InChI=1S/C18H25N5O2S.HI/c1-4-16-11-21-17(26-16)12-22-18(19-3)20-8-9-25-15-7-5-6-14(10-15)23-13(2)24;/h5-7,10-11H,4,8-9,12H2,1-3H3,(H,23,24)(H2,19,20,22);1H. The van der Waals surface area contributed by atoms with Gasteiger partial charge in [-0.3, -0.25) is 9.79 Å². The van der Waals surface area contributed by atoms with Gasteiger partial charge in [0, 0.05) is 36.8 Å². The second kappa shape index (κ2) is 12.5. The molecule has 0 aliphatic heterocycles. The van der Waals surface area contributed by atoms with E-state index in [1.807, 2.05) is 24.4 Å². The summed E-state index contributed by atoms with van der Waals surface area (Å²) in [4.78, 5) is 20.9. The summed E-state index contributed by atoms with van der Waals surface area (Å²) in [5.74, 6) is 1.30. The van der Waals surface area contributed by atoms with Crippen molar-refractivity contribution in [2.24, 2.45) is 4.99 Å². The number of aliphatic imine (C=N–C) groups is 1. The van der Waals surface area contributed by atoms with Gasteiger partial charge in [-0.25, -0.2) is 4.98 Å². The van der Waals surface area contributed by atoms with Crippen molar-refractivity contribution in [2.75, 3.05) is 25.5 Å². The molecular formula is C18H26IN5O2S. The van der Waals surface area contributed by atoms with Gasteiger partial charge in [-0.2, -0.15) is 0 Å². The number of thiazole rings is 1. The first-order valence-electron chi connectivity index (χ1n) is 8.49. The van der Waals surface area contributed by atoms with Crippen LogP contribution >= 0.6 is 35.3 Å². The van der Waals surface area contributed by atoms with Gasteiger partial charge in [-0.1, -0.05) is 13.0 Å². The number of nitrogens with one attached hydrogen (secondary N) is 3. The molecule has 0 aliphatic carbocycles. The van der Waals surface area contributed by atoms with E-state index in [-0.39, 0.29) is 29.9 Å². The zero-order chi connectivity index (χ0) is 18.8. The van der Waals surface area contributed by atoms with E-state index in [1.165, 1.54) is 11.8 Å². The summed E-state index contributed by atoms with van der Waals surface area (Å²) in [5, 5.41) is 10.2. The van der Waals surface area contributed by atoms with E-state index >= 15 is 0 Å². The predicted molar refractivity (Wildman–Crippen MR) is 121 cm³/mol. The van der Waals surface area contributed by atoms with Crippen LogP contribution in [0, 0.1) is 0 Å². The Kier molecular flexibility index (Phi) is 10.7. The van der Waals surface area contributed by atoms with Crippen molar-refractivity contribution >= 4 is 52.9 Å². The molecule has 0 atom stereocenters. The normalized spacial score (nSPS) is 10.7. The van der Waals surface area contributed by atoms with Crippen LogP contribution < -0.4 is 20.7 Å². The summed E-state index contributed by atoms with van der Waals surface area (Å²) < 4.78 is 5.70. The van der Waals surface area contributed by atoms with Gasteiger partial charge in [0.1, 0.15) is 17.4 Å². The number of ether oxygens (including phenoxy) is 1. The Labute approximate surface area is 181 Å². The average molecular weight is 503 g/mol. The lowest BCUT2D eigenvalue weighted by Gasteiger charge is -2.12. The number of guanidine groups is 1. The quantitative estimate of drug-likeness (QED) is 0.223. The molecular weight excluding hydrogens is 477 g/mol. The maximum atomic E-state index is 11.1. The number of rotatable bonds is 8. The fraction of sp³-hybridized carbons (Fsp3) is 0.389. The molecule has 7 nitrogen and oxygen atoms in total. The highest BCUT2D eigenvalue weighted by Crippen LogP contribution is 2.17. The number of benzene rings is 1. The third kappa shape index (κ3) is 8.57. The smallest absolute Gasteiger partial charge is 0.221 e. The number of amides is 1. The number of carbonyl (C=O) groups excluding carboxylic acids is 1. The van der Waals surface area contributed by atoms with E-state index in [0.717, 1.165) is 17.1 Å². The molecule has 2 rings (SSSR count). The van der Waals surface area contributed by atoms with Crippen LogP contribution in [0.3, 0.4) is 0 Å². The van der Waals surface area contributed by atoms with Crippen LogP contribution in [0.15, 0.2) is 35.5 Å². The third-order valence-corrected chi connectivity index (χ3v) is 4.54. The van der Waals surface area contributed by atoms with Crippen LogP contribution in [0.25, 0.3) is 0 Å². The Hall–Kier alpha value is -1.88. The molecule has 27 heavy (non-hydrogen) atoms. The number of nitrogens with zero attached hydrogens (tertiary/aromatic N) is 2. The van der Waals surface area contributed by atoms with Gasteiger partial charge in [0.15, 0.2) is 5.96 Å². The number of aryl methyl sites for hydroxylation is 1. The van der Waals surface area contributed by atoms with E-state index in [0.29, 0.717) is 31.4 Å². The predicted octanol–water partition coefficient (Wildman–Crippen LogP) is 3.03. The van der Waals surface area contributed by atoms with Gasteiger partial charge in [-0.15, -0.1) is 35.3 Å². The molecule has 0 spiro atoms. The van der Waals surface area contributed by atoms with Gasteiger partial charge in [0.2, 0.25) is 5.91 Å². The van der Waals surface area contributed by atoms with E-state index in [4.69, 9.17) is 4.74 Å². The zero-order valence-corrected chi connectivity index (χ0v) is 18.9. The number of hydrogen-bond acceptors (Lipinski definition) is 5. The van der Waals surface area contributed by atoms with Crippen LogP contribution in [0.5, 0.6) is 5.75 Å². The molecule has 9 heteroatoms. The molecule has 1 aromatic carbocycles. The summed E-state index contributed by atoms with van der Waals surface area (Å²) in [5.41, 5.74) is 0.718. The van der Waals surface area contributed by atoms with Crippen molar-refractivity contribution in [3.63, 3.8) is 0 Å². The lowest BCUT2D eigenvalue weighted by Crippen LogP contribution is -2.38. The zero-order valence-electron chi connectivity index (χ0n) is 15.7. The Morgan fingerprint density at radius 1 is 1.33 bits per heavy atom. The molecule has 0 unspecified atom stereocenters. The first-order valence-corrected chi connectivity index (χ1v) is 9.31. The first-order chi connectivity index (χ1) is 12.6. The number of anilines is 1. The summed E-state index contributed by atoms with van der Waals surface area (Å²) in [6.07, 6.45) is 2.92. The van der Waals surface area contributed by atoms with Crippen molar-refractivity contribution in [2.45, 2.75) is 26.8 Å². The lowest BCUT2D eigenvalue weighted by atomic mass is 10.3. The van der Waals surface area contributed by atoms with Crippen molar-refractivity contribution < 1.29 is 9.53 Å². The summed E-state index contributed by atoms with van der Waals surface area (Å²) in [7, 11) is 1.73. The molecule has 3 N–H and O–H groups in total. The minimum absolute atomic E-state index is 0. The molecule has 0 saturated carbocycles. The van der Waals surface area contributed by atoms with E-state index in [9.17, 15) is 4.79 Å². The molecule has 0 aliphatic rings. The molecule has 0 fully saturated rings. The molecule has 2 aromatic rings. The Balaban J connectivity index is 0.00000364. The van der Waals surface area contributed by atoms with E-state index in [1.54, 1.807) is 24.5 Å². The maximum absolute atomic E-state index is 11.1. The van der Waals surface area contributed by atoms with Gasteiger partial charge in [-0.05, 0) is 18.6 Å². The molecule has 148 valence electrons. The molecule has 0 bridgehead atoms. The monoisotopic (exact) mass is 503 g/mol. The Morgan fingerprint density at radius 2 is 2.15 bits per heavy atom. The first kappa shape index (κ1) is 23.2. The minimum Gasteiger partial charge on any atom is -0.492 e. The largest absolute Gasteiger partial charge is 0.492 e. The topological polar surface area (TPSA) is 87.6 Å². The van der Waals surface area contributed by atoms with Gasteiger partial charge < -0.3 is 20.7 Å². The number of halogens is 1. The van der Waals surface area contributed by atoms with Crippen LogP contribution in [0.2, 0.25) is 0 Å². The van der Waals surface area contributed by atoms with E-state index < -0.39 is 0 Å². The van der Waals surface area contributed by atoms with Gasteiger partial charge in [0.05, 0.1) is 13.1 Å². The summed E-state index contributed by atoms with van der Waals surface area (Å²) in [6.45, 7) is 5.31. The highest BCUT2D eigenvalue weighted by Gasteiger charge is 2.03. The molecule has 1 amide bonds. The fourth-order valence-corrected chi connectivity index (χ4v) is 2.98. The summed E-state index contributed by atoms with van der Waals surface area (Å²) in [6, 6.07) is 7.31. The van der Waals surface area contributed by atoms with Gasteiger partial charge >= 0.3 is 0 Å². The average Bonchev–Trinajstić information content (AvgIpc) is 3.09. The summed E-state index contributed by atoms with van der Waals surface area (Å²) >= 11 is 1.71. The maximum Gasteiger partial charge on any atom is 0.221 e. The van der Waals surface area contributed by atoms with Crippen molar-refractivity contribution in [3.05, 3.63) is 40.3 Å². The van der Waals surface area contributed by atoms with Crippen molar-refractivity contribution in [1.29, 1.82) is 0 Å². The number of hydrogen-bond donors (Lipinski definition) is 3. The van der Waals surface area contributed by atoms with Crippen molar-refractivity contribution in [1.82, 2.24) is 15.6 Å². The van der Waals surface area contributed by atoms with Crippen molar-refractivity contribution in [3.8, 4) is 5.75 Å². The molecule has 0 radical (unpaired) electrons. The Morgan fingerprint density at radius 3 is 2.81 bits per heavy atom. The number of carbonyl (C=O) groups is 1. The molecule has 0 saturated heterocycles. The second-order valence-electron chi connectivity index (χ2n) is 5.48.